The number of rotatable bonds is 5. The number of fused-ring (bicyclic) bond motifs is 1. The van der Waals surface area contributed by atoms with Crippen LogP contribution in [-0.2, 0) is 20.9 Å². The first-order valence-corrected chi connectivity index (χ1v) is 10.9. The van der Waals surface area contributed by atoms with Crippen molar-refractivity contribution in [1.29, 1.82) is 0 Å². The van der Waals surface area contributed by atoms with Gasteiger partial charge in [-0.2, -0.15) is 0 Å². The number of nitrogens with two attached hydrogens (primary N) is 1. The Morgan fingerprint density at radius 3 is 2.26 bits per heavy atom. The highest BCUT2D eigenvalue weighted by atomic mass is 16.2. The monoisotopic (exact) mass is 424 g/mol. The molecule has 0 atom stereocenters. The van der Waals surface area contributed by atoms with Gasteiger partial charge in [-0.15, -0.1) is 0 Å². The number of primary amides is 1. The van der Waals surface area contributed by atoms with Crippen molar-refractivity contribution in [3.05, 3.63) is 36.0 Å². The maximum Gasteiger partial charge on any atom is 0.295 e. The van der Waals surface area contributed by atoms with Gasteiger partial charge in [-0.25, -0.2) is 0 Å². The summed E-state index contributed by atoms with van der Waals surface area (Å²) < 4.78 is 1.77. The average molecular weight is 425 g/mol. The van der Waals surface area contributed by atoms with E-state index in [1.807, 2.05) is 23.1 Å². The van der Waals surface area contributed by atoms with Gasteiger partial charge >= 0.3 is 0 Å². The molecule has 3 heterocycles. The number of amides is 3. The minimum Gasteiger partial charge on any atom is -0.369 e. The Kier molecular flexibility index (Phi) is 6.06. The van der Waals surface area contributed by atoms with Crippen LogP contribution in [0.25, 0.3) is 10.9 Å². The lowest BCUT2D eigenvalue weighted by atomic mass is 9.95. The van der Waals surface area contributed by atoms with E-state index >= 15 is 0 Å². The van der Waals surface area contributed by atoms with E-state index in [4.69, 9.17) is 5.73 Å². The number of nitrogens with zero attached hydrogens (tertiary/aromatic N) is 3. The maximum atomic E-state index is 13.1. The molecule has 2 fully saturated rings. The zero-order valence-corrected chi connectivity index (χ0v) is 17.6. The van der Waals surface area contributed by atoms with E-state index in [0.717, 1.165) is 37.9 Å². The quantitative estimate of drug-likeness (QED) is 0.581. The van der Waals surface area contributed by atoms with Gasteiger partial charge in [-0.1, -0.05) is 18.2 Å². The van der Waals surface area contributed by atoms with E-state index in [-0.39, 0.29) is 24.3 Å². The van der Waals surface area contributed by atoms with Crippen LogP contribution in [0.4, 0.5) is 0 Å². The number of aromatic nitrogens is 1. The molecule has 8 nitrogen and oxygen atoms in total. The van der Waals surface area contributed by atoms with Crippen LogP contribution in [-0.4, -0.2) is 64.1 Å². The maximum absolute atomic E-state index is 13.1. The minimum absolute atomic E-state index is 0.0271. The third kappa shape index (κ3) is 4.33. The number of benzene rings is 1. The molecule has 0 radical (unpaired) electrons. The molecule has 0 aliphatic carbocycles. The van der Waals surface area contributed by atoms with Crippen molar-refractivity contribution in [1.82, 2.24) is 14.4 Å². The smallest absolute Gasteiger partial charge is 0.295 e. The molecule has 1 aromatic carbocycles. The second kappa shape index (κ2) is 8.91. The summed E-state index contributed by atoms with van der Waals surface area (Å²) in [5.74, 6) is -1.74. The molecule has 3 amide bonds. The molecule has 2 aliphatic heterocycles. The predicted octanol–water partition coefficient (Wildman–Crippen LogP) is 1.56. The molecule has 2 N–H and O–H groups in total. The van der Waals surface area contributed by atoms with Gasteiger partial charge in [-0.3, -0.25) is 19.2 Å². The van der Waals surface area contributed by atoms with Gasteiger partial charge in [0.15, 0.2) is 0 Å². The number of piperidine rings is 2. The third-order valence-corrected chi connectivity index (χ3v) is 6.43. The number of carbonyl (C=O) groups excluding carboxylic acids is 4. The summed E-state index contributed by atoms with van der Waals surface area (Å²) in [6.45, 7) is 2.35. The first kappa shape index (κ1) is 21.1. The summed E-state index contributed by atoms with van der Waals surface area (Å²) in [6, 6.07) is 7.34. The van der Waals surface area contributed by atoms with Crippen molar-refractivity contribution in [2.45, 2.75) is 38.6 Å². The van der Waals surface area contributed by atoms with Crippen LogP contribution in [0.15, 0.2) is 30.5 Å². The van der Waals surface area contributed by atoms with Crippen LogP contribution in [0.3, 0.4) is 0 Å². The van der Waals surface area contributed by atoms with Crippen LogP contribution < -0.4 is 5.73 Å². The molecule has 0 unspecified atom stereocenters. The molecule has 2 saturated heterocycles. The second-order valence-corrected chi connectivity index (χ2v) is 8.43. The Hall–Kier alpha value is -3.16. The van der Waals surface area contributed by atoms with Gasteiger partial charge in [0.05, 0.1) is 5.56 Å². The first-order chi connectivity index (χ1) is 15.0. The molecule has 31 heavy (non-hydrogen) atoms. The number of carbonyl (C=O) groups is 4. The van der Waals surface area contributed by atoms with E-state index in [0.29, 0.717) is 36.9 Å². The summed E-state index contributed by atoms with van der Waals surface area (Å²) >= 11 is 0. The molecule has 2 aliphatic rings. The summed E-state index contributed by atoms with van der Waals surface area (Å²) in [7, 11) is 0. The fourth-order valence-corrected chi connectivity index (χ4v) is 4.57. The van der Waals surface area contributed by atoms with Crippen molar-refractivity contribution in [2.24, 2.45) is 11.7 Å². The molecule has 0 bridgehead atoms. The Balaban J connectivity index is 1.53. The van der Waals surface area contributed by atoms with Crippen molar-refractivity contribution >= 4 is 34.4 Å². The molecule has 0 saturated carbocycles. The second-order valence-electron chi connectivity index (χ2n) is 8.43. The standard InChI is InChI=1S/C23H28N4O4/c24-22(30)16-8-12-26(13-9-16)23(31)21(29)18-14-27(19-7-3-2-6-17(18)19)15-20(28)25-10-4-1-5-11-25/h2-3,6-7,14,16H,1,4-5,8-13,15H2,(H2,24,30). The Labute approximate surface area is 181 Å². The molecular formula is C23H28N4O4. The fraction of sp³-hybridized carbons (Fsp3) is 0.478. The zero-order chi connectivity index (χ0) is 22.0. The van der Waals surface area contributed by atoms with E-state index in [1.54, 1.807) is 16.8 Å². The third-order valence-electron chi connectivity index (χ3n) is 6.43. The normalized spacial score (nSPS) is 17.7. The largest absolute Gasteiger partial charge is 0.369 e. The number of hydrogen-bond acceptors (Lipinski definition) is 4. The highest BCUT2D eigenvalue weighted by Gasteiger charge is 2.31. The number of para-hydroxylation sites is 1. The van der Waals surface area contributed by atoms with Gasteiger partial charge in [0.2, 0.25) is 11.8 Å². The molecular weight excluding hydrogens is 396 g/mol. The topological polar surface area (TPSA) is 106 Å². The van der Waals surface area contributed by atoms with Crippen LogP contribution in [0, 0.1) is 5.92 Å². The van der Waals surface area contributed by atoms with Crippen molar-refractivity contribution in [2.75, 3.05) is 26.2 Å². The average Bonchev–Trinajstić information content (AvgIpc) is 3.17. The number of Topliss-reactive ketones (excluding diaryl/α,β-unsaturated/α-hetero) is 1. The summed E-state index contributed by atoms with van der Waals surface area (Å²) in [5, 5.41) is 0.666. The fourth-order valence-electron chi connectivity index (χ4n) is 4.57. The molecule has 2 aromatic rings. The van der Waals surface area contributed by atoms with Crippen LogP contribution >= 0.6 is 0 Å². The number of likely N-dealkylation sites (tertiary alicyclic amines) is 2. The lowest BCUT2D eigenvalue weighted by Gasteiger charge is -2.29. The number of hydrogen-bond donors (Lipinski definition) is 1. The van der Waals surface area contributed by atoms with E-state index in [2.05, 4.69) is 0 Å². The molecule has 1 aromatic heterocycles. The van der Waals surface area contributed by atoms with Gasteiger partial charge in [0.1, 0.15) is 6.54 Å². The molecule has 8 heteroatoms. The van der Waals surface area contributed by atoms with Gasteiger partial charge in [0.25, 0.3) is 11.7 Å². The Morgan fingerprint density at radius 1 is 0.903 bits per heavy atom. The van der Waals surface area contributed by atoms with Gasteiger partial charge < -0.3 is 20.1 Å². The summed E-state index contributed by atoms with van der Waals surface area (Å²) in [6.07, 6.45) is 5.75. The lowest BCUT2D eigenvalue weighted by molar-refractivity contribution is -0.132. The van der Waals surface area contributed by atoms with E-state index in [9.17, 15) is 19.2 Å². The SMILES string of the molecule is NC(=O)C1CCN(C(=O)C(=O)c2cn(CC(=O)N3CCCCC3)c3ccccc23)CC1. The Bertz CT molecular complexity index is 1010. The Morgan fingerprint density at radius 2 is 1.58 bits per heavy atom. The van der Waals surface area contributed by atoms with E-state index < -0.39 is 11.7 Å². The number of ketones is 1. The van der Waals surface area contributed by atoms with Crippen LogP contribution in [0.5, 0.6) is 0 Å². The van der Waals surface area contributed by atoms with Gasteiger partial charge in [0, 0.05) is 49.2 Å². The van der Waals surface area contributed by atoms with Crippen molar-refractivity contribution < 1.29 is 19.2 Å². The molecule has 0 spiro atoms. The summed E-state index contributed by atoms with van der Waals surface area (Å²) in [5.41, 5.74) is 6.43. The van der Waals surface area contributed by atoms with Crippen LogP contribution in [0.2, 0.25) is 0 Å². The lowest BCUT2D eigenvalue weighted by Crippen LogP contribution is -2.44. The zero-order valence-electron chi connectivity index (χ0n) is 17.6. The van der Waals surface area contributed by atoms with E-state index in [1.165, 1.54) is 4.90 Å². The van der Waals surface area contributed by atoms with Crippen molar-refractivity contribution in [3.8, 4) is 0 Å². The van der Waals surface area contributed by atoms with Crippen LogP contribution in [0.1, 0.15) is 42.5 Å². The highest BCUT2D eigenvalue weighted by Crippen LogP contribution is 2.24. The summed E-state index contributed by atoms with van der Waals surface area (Å²) in [4.78, 5) is 53.4. The van der Waals surface area contributed by atoms with Gasteiger partial charge in [-0.05, 0) is 38.2 Å². The predicted molar refractivity (Wildman–Crippen MR) is 115 cm³/mol. The minimum atomic E-state index is -0.585. The molecule has 164 valence electrons. The molecule has 4 rings (SSSR count). The first-order valence-electron chi connectivity index (χ1n) is 10.9. The van der Waals surface area contributed by atoms with Crippen molar-refractivity contribution in [3.63, 3.8) is 0 Å². The highest BCUT2D eigenvalue weighted by molar-refractivity contribution is 6.44.